The number of benzene rings is 2. The van der Waals surface area contributed by atoms with Gasteiger partial charge < -0.3 is 4.74 Å². The van der Waals surface area contributed by atoms with E-state index in [-0.39, 0.29) is 18.0 Å². The van der Waals surface area contributed by atoms with Gasteiger partial charge >= 0.3 is 0 Å². The molecule has 5 nitrogen and oxygen atoms in total. The van der Waals surface area contributed by atoms with Crippen LogP contribution < -0.4 is 4.90 Å². The highest BCUT2D eigenvalue weighted by molar-refractivity contribution is 7.22. The Labute approximate surface area is 187 Å². The van der Waals surface area contributed by atoms with Crippen LogP contribution in [0.4, 0.5) is 13.9 Å². The third-order valence-corrected chi connectivity index (χ3v) is 6.00. The third kappa shape index (κ3) is 5.07. The molecule has 0 aliphatic carbocycles. The molecule has 1 amide bonds. The SMILES string of the molecule is Cl.O=C(c1ccc(F)c(F)c1)N(CCN1CCOCC1)c1nc2ccc(Cl)cc2s1. The summed E-state index contributed by atoms with van der Waals surface area (Å²) in [6.45, 7) is 3.85. The molecular formula is C20H19Cl2F2N3O2S. The molecular weight excluding hydrogens is 455 g/mol. The normalized spacial score (nSPS) is 14.5. The first-order valence-corrected chi connectivity index (χ1v) is 10.3. The van der Waals surface area contributed by atoms with Crippen LogP contribution in [0.1, 0.15) is 10.4 Å². The van der Waals surface area contributed by atoms with E-state index < -0.39 is 17.5 Å². The summed E-state index contributed by atoms with van der Waals surface area (Å²) in [6, 6.07) is 8.49. The Morgan fingerprint density at radius 3 is 2.67 bits per heavy atom. The molecule has 10 heteroatoms. The average molecular weight is 474 g/mol. The molecule has 0 spiro atoms. The number of ether oxygens (including phenoxy) is 1. The second kappa shape index (κ2) is 9.98. The molecule has 1 saturated heterocycles. The van der Waals surface area contributed by atoms with E-state index in [4.69, 9.17) is 16.3 Å². The van der Waals surface area contributed by atoms with Crippen LogP contribution in [0.2, 0.25) is 5.02 Å². The highest BCUT2D eigenvalue weighted by Gasteiger charge is 2.23. The molecule has 30 heavy (non-hydrogen) atoms. The van der Waals surface area contributed by atoms with Gasteiger partial charge in [0.1, 0.15) is 0 Å². The second-order valence-electron chi connectivity index (χ2n) is 6.65. The molecule has 2 aromatic carbocycles. The lowest BCUT2D eigenvalue weighted by atomic mass is 10.2. The van der Waals surface area contributed by atoms with E-state index in [1.165, 1.54) is 22.3 Å². The van der Waals surface area contributed by atoms with Crippen molar-refractivity contribution >= 4 is 56.6 Å². The number of carbonyl (C=O) groups is 1. The van der Waals surface area contributed by atoms with E-state index >= 15 is 0 Å². The van der Waals surface area contributed by atoms with E-state index in [0.717, 1.165) is 35.4 Å². The zero-order valence-corrected chi connectivity index (χ0v) is 18.2. The summed E-state index contributed by atoms with van der Waals surface area (Å²) < 4.78 is 33.2. The Balaban J connectivity index is 0.00000256. The van der Waals surface area contributed by atoms with Crippen molar-refractivity contribution in [1.29, 1.82) is 0 Å². The zero-order valence-electron chi connectivity index (χ0n) is 15.8. The number of fused-ring (bicyclic) bond motifs is 1. The van der Waals surface area contributed by atoms with Gasteiger partial charge in [-0.25, -0.2) is 13.8 Å². The molecule has 0 radical (unpaired) electrons. The maximum atomic E-state index is 13.7. The van der Waals surface area contributed by atoms with Crippen molar-refractivity contribution in [3.8, 4) is 0 Å². The van der Waals surface area contributed by atoms with E-state index in [1.807, 2.05) is 0 Å². The summed E-state index contributed by atoms with van der Waals surface area (Å²) in [5.41, 5.74) is 0.798. The van der Waals surface area contributed by atoms with Crippen LogP contribution in [0.15, 0.2) is 36.4 Å². The predicted octanol–water partition coefficient (Wildman–Crippen LogP) is 4.63. The number of anilines is 1. The Morgan fingerprint density at radius 2 is 1.93 bits per heavy atom. The van der Waals surface area contributed by atoms with Crippen LogP contribution >= 0.6 is 35.3 Å². The zero-order chi connectivity index (χ0) is 20.4. The maximum Gasteiger partial charge on any atom is 0.260 e. The number of nitrogens with zero attached hydrogens (tertiary/aromatic N) is 3. The molecule has 0 saturated carbocycles. The molecule has 0 atom stereocenters. The molecule has 1 fully saturated rings. The fourth-order valence-electron chi connectivity index (χ4n) is 3.14. The molecule has 1 aliphatic heterocycles. The van der Waals surface area contributed by atoms with Crippen LogP contribution in [0.25, 0.3) is 10.2 Å². The lowest BCUT2D eigenvalue weighted by Crippen LogP contribution is -2.43. The van der Waals surface area contributed by atoms with Gasteiger partial charge in [-0.2, -0.15) is 0 Å². The lowest BCUT2D eigenvalue weighted by molar-refractivity contribution is 0.0391. The molecule has 3 aromatic rings. The highest BCUT2D eigenvalue weighted by atomic mass is 35.5. The first-order chi connectivity index (χ1) is 14.0. The van der Waals surface area contributed by atoms with Crippen LogP contribution in [0, 0.1) is 11.6 Å². The first-order valence-electron chi connectivity index (χ1n) is 9.14. The monoisotopic (exact) mass is 473 g/mol. The minimum Gasteiger partial charge on any atom is -0.379 e. The Hall–Kier alpha value is -1.84. The quantitative estimate of drug-likeness (QED) is 0.541. The van der Waals surface area contributed by atoms with Gasteiger partial charge in [0.2, 0.25) is 0 Å². The summed E-state index contributed by atoms with van der Waals surface area (Å²) >= 11 is 7.40. The second-order valence-corrected chi connectivity index (χ2v) is 8.09. The smallest absolute Gasteiger partial charge is 0.260 e. The molecule has 0 bridgehead atoms. The molecule has 2 heterocycles. The number of hydrogen-bond donors (Lipinski definition) is 0. The Kier molecular flexibility index (Phi) is 7.60. The largest absolute Gasteiger partial charge is 0.379 e. The van der Waals surface area contributed by atoms with E-state index in [2.05, 4.69) is 9.88 Å². The van der Waals surface area contributed by atoms with Crippen LogP contribution in [0.3, 0.4) is 0 Å². The number of thiazole rings is 1. The van der Waals surface area contributed by atoms with E-state index in [9.17, 15) is 13.6 Å². The van der Waals surface area contributed by atoms with Crippen molar-refractivity contribution in [2.75, 3.05) is 44.3 Å². The number of aromatic nitrogens is 1. The van der Waals surface area contributed by atoms with Crippen LogP contribution in [-0.4, -0.2) is 55.2 Å². The van der Waals surface area contributed by atoms with Crippen molar-refractivity contribution in [2.24, 2.45) is 0 Å². The van der Waals surface area contributed by atoms with Crippen molar-refractivity contribution in [3.63, 3.8) is 0 Å². The first kappa shape index (κ1) is 22.8. The average Bonchev–Trinajstić information content (AvgIpc) is 3.13. The maximum absolute atomic E-state index is 13.7. The molecule has 0 unspecified atom stereocenters. The van der Waals surface area contributed by atoms with Crippen molar-refractivity contribution in [3.05, 3.63) is 58.6 Å². The van der Waals surface area contributed by atoms with Gasteiger partial charge in [0.05, 0.1) is 23.4 Å². The highest BCUT2D eigenvalue weighted by Crippen LogP contribution is 2.31. The number of rotatable bonds is 5. The summed E-state index contributed by atoms with van der Waals surface area (Å²) in [7, 11) is 0. The van der Waals surface area contributed by atoms with Gasteiger partial charge in [-0.05, 0) is 36.4 Å². The minimum atomic E-state index is -1.06. The number of halogens is 4. The molecule has 1 aromatic heterocycles. The summed E-state index contributed by atoms with van der Waals surface area (Å²) in [6.07, 6.45) is 0. The third-order valence-electron chi connectivity index (χ3n) is 4.73. The molecule has 0 N–H and O–H groups in total. The van der Waals surface area contributed by atoms with Gasteiger partial charge in [0.25, 0.3) is 5.91 Å². The summed E-state index contributed by atoms with van der Waals surface area (Å²) in [4.78, 5) is 21.4. The van der Waals surface area contributed by atoms with Crippen molar-refractivity contribution in [1.82, 2.24) is 9.88 Å². The van der Waals surface area contributed by atoms with Gasteiger partial charge in [0.15, 0.2) is 16.8 Å². The topological polar surface area (TPSA) is 45.7 Å². The van der Waals surface area contributed by atoms with Crippen LogP contribution in [-0.2, 0) is 4.74 Å². The molecule has 160 valence electrons. The lowest BCUT2D eigenvalue weighted by Gasteiger charge is -2.29. The van der Waals surface area contributed by atoms with E-state index in [0.29, 0.717) is 36.5 Å². The Morgan fingerprint density at radius 1 is 1.17 bits per heavy atom. The molecule has 1 aliphatic rings. The molecule has 4 rings (SSSR count). The number of morpholine rings is 1. The predicted molar refractivity (Wildman–Crippen MR) is 117 cm³/mol. The van der Waals surface area contributed by atoms with Gasteiger partial charge in [0, 0.05) is 36.8 Å². The van der Waals surface area contributed by atoms with Crippen LogP contribution in [0.5, 0.6) is 0 Å². The Bertz CT molecular complexity index is 1040. The van der Waals surface area contributed by atoms with Gasteiger partial charge in [-0.15, -0.1) is 12.4 Å². The van der Waals surface area contributed by atoms with Gasteiger partial charge in [-0.3, -0.25) is 14.6 Å². The van der Waals surface area contributed by atoms with E-state index in [1.54, 1.807) is 18.2 Å². The summed E-state index contributed by atoms with van der Waals surface area (Å²) in [5, 5.41) is 1.07. The fourth-order valence-corrected chi connectivity index (χ4v) is 4.40. The fraction of sp³-hybridized carbons (Fsp3) is 0.300. The minimum absolute atomic E-state index is 0. The number of hydrogen-bond acceptors (Lipinski definition) is 5. The van der Waals surface area contributed by atoms with Gasteiger partial charge in [-0.1, -0.05) is 22.9 Å². The van der Waals surface area contributed by atoms with Crippen molar-refractivity contribution < 1.29 is 18.3 Å². The number of amides is 1. The summed E-state index contributed by atoms with van der Waals surface area (Å²) in [5.74, 6) is -2.47. The standard InChI is InChI=1S/C20H18ClF2N3O2S.ClH/c21-14-2-4-17-18(12-14)29-20(24-17)26(6-5-25-7-9-28-10-8-25)19(27)13-1-3-15(22)16(23)11-13;/h1-4,11-12H,5-10H2;1H. The number of carbonyl (C=O) groups excluding carboxylic acids is 1. The van der Waals surface area contributed by atoms with Crippen molar-refractivity contribution in [2.45, 2.75) is 0 Å².